The summed E-state index contributed by atoms with van der Waals surface area (Å²) >= 11 is 0. The Morgan fingerprint density at radius 1 is 1.35 bits per heavy atom. The van der Waals surface area contributed by atoms with E-state index in [1.165, 1.54) is 0 Å². The number of rotatable bonds is 4. The van der Waals surface area contributed by atoms with Crippen molar-refractivity contribution in [1.29, 1.82) is 0 Å². The molecule has 0 bridgehead atoms. The van der Waals surface area contributed by atoms with Gasteiger partial charge in [-0.1, -0.05) is 12.1 Å². The zero-order valence-corrected chi connectivity index (χ0v) is 13.2. The third-order valence-corrected chi connectivity index (χ3v) is 6.39. The monoisotopic (exact) mass is 297 g/mol. The summed E-state index contributed by atoms with van der Waals surface area (Å²) in [6.45, 7) is 5.32. The molecule has 1 aliphatic carbocycles. The maximum Gasteiger partial charge on any atom is 0.158 e. The first-order valence-corrected chi connectivity index (χ1v) is 8.60. The molecule has 0 aliphatic heterocycles. The maximum absolute atomic E-state index is 12.0. The molecule has 0 radical (unpaired) electrons. The number of sulfone groups is 1. The van der Waals surface area contributed by atoms with Gasteiger partial charge in [-0.05, 0) is 50.8 Å². The highest BCUT2D eigenvalue weighted by atomic mass is 32.2. The van der Waals surface area contributed by atoms with E-state index in [2.05, 4.69) is 0 Å². The van der Waals surface area contributed by atoms with Gasteiger partial charge in [-0.3, -0.25) is 0 Å². The van der Waals surface area contributed by atoms with E-state index in [0.717, 1.165) is 29.7 Å². The Morgan fingerprint density at radius 2 is 2.05 bits per heavy atom. The number of fused-ring (bicyclic) bond motifs is 1. The molecular weight excluding hydrogens is 274 g/mol. The first-order valence-electron chi connectivity index (χ1n) is 6.95. The van der Waals surface area contributed by atoms with Crippen LogP contribution in [0.4, 0.5) is 0 Å². The van der Waals surface area contributed by atoms with Gasteiger partial charge in [0.2, 0.25) is 0 Å². The van der Waals surface area contributed by atoms with Gasteiger partial charge in [-0.15, -0.1) is 0 Å². The first-order chi connectivity index (χ1) is 9.22. The molecule has 0 aromatic heterocycles. The third kappa shape index (κ3) is 2.99. The molecule has 5 heteroatoms. The highest BCUT2D eigenvalue weighted by Crippen LogP contribution is 2.35. The van der Waals surface area contributed by atoms with Crippen molar-refractivity contribution in [2.24, 2.45) is 5.73 Å². The van der Waals surface area contributed by atoms with Gasteiger partial charge in [0.1, 0.15) is 12.4 Å². The molecule has 1 aromatic carbocycles. The molecule has 1 atom stereocenters. The molecule has 0 heterocycles. The zero-order valence-electron chi connectivity index (χ0n) is 12.3. The largest absolute Gasteiger partial charge is 0.492 e. The molecule has 4 nitrogen and oxygen atoms in total. The fourth-order valence-electron chi connectivity index (χ4n) is 2.36. The van der Waals surface area contributed by atoms with Crippen molar-refractivity contribution in [3.8, 4) is 5.75 Å². The van der Waals surface area contributed by atoms with E-state index in [-0.39, 0.29) is 18.4 Å². The SMILES string of the molecule is CC(C)(C)S(=O)(=O)CCOc1cccc2c1CCC2N. The van der Waals surface area contributed by atoms with Gasteiger partial charge in [0.15, 0.2) is 9.84 Å². The van der Waals surface area contributed by atoms with Crippen LogP contribution in [0.2, 0.25) is 0 Å². The van der Waals surface area contributed by atoms with Crippen LogP contribution in [-0.2, 0) is 16.3 Å². The molecule has 0 fully saturated rings. The third-order valence-electron chi connectivity index (χ3n) is 3.82. The number of hydrogen-bond acceptors (Lipinski definition) is 4. The standard InChI is InChI=1S/C15H23NO3S/c1-15(2,3)20(17,18)10-9-19-14-6-4-5-11-12(14)7-8-13(11)16/h4-6,13H,7-10,16H2,1-3H3. The van der Waals surface area contributed by atoms with E-state index in [4.69, 9.17) is 10.5 Å². The van der Waals surface area contributed by atoms with Crippen LogP contribution < -0.4 is 10.5 Å². The molecule has 1 aliphatic rings. The van der Waals surface area contributed by atoms with Crippen molar-refractivity contribution < 1.29 is 13.2 Å². The van der Waals surface area contributed by atoms with E-state index in [0.29, 0.717) is 0 Å². The Balaban J connectivity index is 2.04. The lowest BCUT2D eigenvalue weighted by molar-refractivity contribution is 0.336. The second kappa shape index (κ2) is 5.37. The molecule has 20 heavy (non-hydrogen) atoms. The smallest absolute Gasteiger partial charge is 0.158 e. The van der Waals surface area contributed by atoms with Crippen molar-refractivity contribution in [1.82, 2.24) is 0 Å². The lowest BCUT2D eigenvalue weighted by Gasteiger charge is -2.19. The average Bonchev–Trinajstić information content (AvgIpc) is 2.71. The summed E-state index contributed by atoms with van der Waals surface area (Å²) in [5.74, 6) is 0.811. The van der Waals surface area contributed by atoms with Crippen LogP contribution in [0.1, 0.15) is 44.4 Å². The molecular formula is C15H23NO3S. The minimum absolute atomic E-state index is 0.0339. The zero-order chi connectivity index (χ0) is 15.0. The van der Waals surface area contributed by atoms with Gasteiger partial charge >= 0.3 is 0 Å². The first kappa shape index (κ1) is 15.3. The van der Waals surface area contributed by atoms with Crippen LogP contribution in [0.5, 0.6) is 5.75 Å². The van der Waals surface area contributed by atoms with Crippen LogP contribution in [0.3, 0.4) is 0 Å². The van der Waals surface area contributed by atoms with Gasteiger partial charge in [-0.2, -0.15) is 0 Å². The minimum Gasteiger partial charge on any atom is -0.492 e. The van der Waals surface area contributed by atoms with Crippen LogP contribution >= 0.6 is 0 Å². The molecule has 1 aromatic rings. The number of nitrogens with two attached hydrogens (primary N) is 1. The van der Waals surface area contributed by atoms with E-state index >= 15 is 0 Å². The second-order valence-electron chi connectivity index (χ2n) is 6.25. The molecule has 112 valence electrons. The summed E-state index contributed by atoms with van der Waals surface area (Å²) < 4.78 is 29.0. The summed E-state index contributed by atoms with van der Waals surface area (Å²) in [5.41, 5.74) is 8.28. The van der Waals surface area contributed by atoms with Crippen molar-refractivity contribution >= 4 is 9.84 Å². The van der Waals surface area contributed by atoms with E-state index < -0.39 is 14.6 Å². The summed E-state index contributed by atoms with van der Waals surface area (Å²) in [7, 11) is -3.14. The summed E-state index contributed by atoms with van der Waals surface area (Å²) in [6.07, 6.45) is 1.83. The van der Waals surface area contributed by atoms with Crippen molar-refractivity contribution in [2.75, 3.05) is 12.4 Å². The minimum atomic E-state index is -3.14. The topological polar surface area (TPSA) is 69.4 Å². The number of benzene rings is 1. The molecule has 0 amide bonds. The van der Waals surface area contributed by atoms with Crippen LogP contribution in [0, 0.1) is 0 Å². The number of ether oxygens (including phenoxy) is 1. The maximum atomic E-state index is 12.0. The Kier molecular flexibility index (Phi) is 4.12. The summed E-state index contributed by atoms with van der Waals surface area (Å²) in [4.78, 5) is 0. The Hall–Kier alpha value is -1.07. The highest BCUT2D eigenvalue weighted by molar-refractivity contribution is 7.92. The molecule has 0 saturated carbocycles. The predicted molar refractivity (Wildman–Crippen MR) is 80.7 cm³/mol. The predicted octanol–water partition coefficient (Wildman–Crippen LogP) is 2.22. The van der Waals surface area contributed by atoms with E-state index in [1.54, 1.807) is 20.8 Å². The van der Waals surface area contributed by atoms with Crippen molar-refractivity contribution in [2.45, 2.75) is 44.4 Å². The van der Waals surface area contributed by atoms with E-state index in [9.17, 15) is 8.42 Å². The lowest BCUT2D eigenvalue weighted by atomic mass is 10.1. The summed E-state index contributed by atoms with van der Waals surface area (Å²) in [5, 5.41) is 0. The van der Waals surface area contributed by atoms with Gasteiger partial charge in [0.05, 0.1) is 10.5 Å². The Labute approximate surface area is 121 Å². The van der Waals surface area contributed by atoms with Crippen LogP contribution in [0.15, 0.2) is 18.2 Å². The van der Waals surface area contributed by atoms with Crippen LogP contribution in [0.25, 0.3) is 0 Å². The second-order valence-corrected chi connectivity index (χ2v) is 9.11. The van der Waals surface area contributed by atoms with Gasteiger partial charge in [0.25, 0.3) is 0 Å². The fourth-order valence-corrected chi connectivity index (χ4v) is 3.27. The van der Waals surface area contributed by atoms with E-state index in [1.807, 2.05) is 18.2 Å². The molecule has 2 N–H and O–H groups in total. The number of hydrogen-bond donors (Lipinski definition) is 1. The molecule has 0 spiro atoms. The molecule has 0 saturated heterocycles. The Bertz CT molecular complexity index is 588. The normalized spacial score (nSPS) is 18.9. The van der Waals surface area contributed by atoms with Gasteiger partial charge in [-0.25, -0.2) is 8.42 Å². The molecule has 2 rings (SSSR count). The average molecular weight is 297 g/mol. The van der Waals surface area contributed by atoms with Gasteiger partial charge < -0.3 is 10.5 Å². The highest BCUT2D eigenvalue weighted by Gasteiger charge is 2.29. The van der Waals surface area contributed by atoms with Gasteiger partial charge in [0, 0.05) is 6.04 Å². The quantitative estimate of drug-likeness (QED) is 0.925. The Morgan fingerprint density at radius 3 is 2.70 bits per heavy atom. The van der Waals surface area contributed by atoms with Crippen LogP contribution in [-0.4, -0.2) is 25.5 Å². The summed E-state index contributed by atoms with van der Waals surface area (Å²) in [6, 6.07) is 5.90. The van der Waals surface area contributed by atoms with Crippen molar-refractivity contribution in [3.05, 3.63) is 29.3 Å². The fraction of sp³-hybridized carbons (Fsp3) is 0.600. The van der Waals surface area contributed by atoms with Crippen molar-refractivity contribution in [3.63, 3.8) is 0 Å². The lowest BCUT2D eigenvalue weighted by Crippen LogP contribution is -2.32. The molecule has 1 unspecified atom stereocenters.